The van der Waals surface area contributed by atoms with E-state index in [1.807, 2.05) is 0 Å². The van der Waals surface area contributed by atoms with Crippen molar-refractivity contribution in [3.8, 4) is 0 Å². The molecule has 180 valence electrons. The molecular weight excluding hydrogens is 384 g/mol. The molecule has 0 bridgehead atoms. The molecule has 0 saturated heterocycles. The summed E-state index contributed by atoms with van der Waals surface area (Å²) in [5, 5.41) is 9.12. The topological polar surface area (TPSA) is 66.4 Å². The van der Waals surface area contributed by atoms with Crippen LogP contribution >= 0.6 is 0 Å². The zero-order valence-electron chi connectivity index (χ0n) is 19.5. The number of hydrogen-bond donors (Lipinski definition) is 1. The Bertz CT molecular complexity index is 327. The lowest BCUT2D eigenvalue weighted by Crippen LogP contribution is -2.25. The van der Waals surface area contributed by atoms with Crippen molar-refractivity contribution in [2.75, 3.05) is 66.1 Å². The highest BCUT2D eigenvalue weighted by atomic mass is 16.6. The van der Waals surface area contributed by atoms with Gasteiger partial charge in [-0.15, -0.1) is 6.58 Å². The molecule has 0 fully saturated rings. The molecule has 6 heteroatoms. The number of hydrogen-bond acceptors (Lipinski definition) is 6. The molecule has 1 atom stereocenters. The molecule has 6 nitrogen and oxygen atoms in total. The van der Waals surface area contributed by atoms with Crippen LogP contribution in [0.25, 0.3) is 0 Å². The Morgan fingerprint density at radius 3 is 1.63 bits per heavy atom. The zero-order chi connectivity index (χ0) is 22.0. The molecule has 0 aromatic rings. The van der Waals surface area contributed by atoms with E-state index in [1.165, 1.54) is 57.8 Å². The molecule has 0 heterocycles. The van der Waals surface area contributed by atoms with Crippen LogP contribution in [0.1, 0.15) is 71.1 Å². The molecule has 30 heavy (non-hydrogen) atoms. The quantitative estimate of drug-likeness (QED) is 0.160. The molecule has 0 rings (SSSR count). The fourth-order valence-electron chi connectivity index (χ4n) is 2.92. The molecule has 0 aromatic heterocycles. The smallest absolute Gasteiger partial charge is 0.104 e. The highest BCUT2D eigenvalue weighted by Gasteiger charge is 2.06. The minimum atomic E-state index is -0.313. The Morgan fingerprint density at radius 2 is 1.13 bits per heavy atom. The molecule has 0 spiro atoms. The van der Waals surface area contributed by atoms with Crippen LogP contribution in [0.4, 0.5) is 0 Å². The first-order valence-corrected chi connectivity index (χ1v) is 12.0. The van der Waals surface area contributed by atoms with E-state index in [9.17, 15) is 0 Å². The zero-order valence-corrected chi connectivity index (χ0v) is 19.5. The predicted octanol–water partition coefficient (Wildman–Crippen LogP) is 4.54. The number of aliphatic hydroxyl groups is 1. The third-order valence-electron chi connectivity index (χ3n) is 4.72. The lowest BCUT2D eigenvalue weighted by molar-refractivity contribution is -0.0486. The van der Waals surface area contributed by atoms with Crippen LogP contribution in [0.2, 0.25) is 0 Å². The van der Waals surface area contributed by atoms with E-state index in [-0.39, 0.29) is 12.7 Å². The van der Waals surface area contributed by atoms with E-state index >= 15 is 0 Å². The van der Waals surface area contributed by atoms with Crippen LogP contribution in [0.5, 0.6) is 0 Å². The number of unbranched alkanes of at least 4 members (excludes halogenated alkanes) is 9. The molecule has 0 saturated carbocycles. The summed E-state index contributed by atoms with van der Waals surface area (Å²) in [4.78, 5) is 0. The SMILES string of the molecule is C=CCOC(CO)COCCOCCOCCOCCCCCCCCCCCC. The van der Waals surface area contributed by atoms with E-state index < -0.39 is 0 Å². The van der Waals surface area contributed by atoms with Gasteiger partial charge in [0.2, 0.25) is 0 Å². The van der Waals surface area contributed by atoms with Gasteiger partial charge in [0.05, 0.1) is 59.5 Å². The molecular formula is C24H48O6. The maximum atomic E-state index is 9.12. The van der Waals surface area contributed by atoms with Crippen molar-refractivity contribution in [1.82, 2.24) is 0 Å². The standard InChI is InChI=1S/C24H48O6/c1-3-5-6-7-8-9-10-11-12-13-15-26-16-17-27-18-19-28-20-21-29-23-24(22-25)30-14-4-2/h4,24-25H,2-3,5-23H2,1H3. The first-order valence-electron chi connectivity index (χ1n) is 12.0. The lowest BCUT2D eigenvalue weighted by atomic mass is 10.1. The number of ether oxygens (including phenoxy) is 5. The molecule has 0 radical (unpaired) electrons. The Balaban J connectivity index is 3.10. The van der Waals surface area contributed by atoms with E-state index in [2.05, 4.69) is 13.5 Å². The van der Waals surface area contributed by atoms with Crippen LogP contribution in [0.15, 0.2) is 12.7 Å². The molecule has 1 unspecified atom stereocenters. The highest BCUT2D eigenvalue weighted by Crippen LogP contribution is 2.10. The summed E-state index contributed by atoms with van der Waals surface area (Å²) in [6.07, 6.45) is 14.8. The van der Waals surface area contributed by atoms with Gasteiger partial charge in [0.15, 0.2) is 0 Å². The van der Waals surface area contributed by atoms with Gasteiger partial charge in [-0.25, -0.2) is 0 Å². The van der Waals surface area contributed by atoms with Crippen molar-refractivity contribution in [3.05, 3.63) is 12.7 Å². The molecule has 0 amide bonds. The van der Waals surface area contributed by atoms with E-state index in [1.54, 1.807) is 6.08 Å². The minimum Gasteiger partial charge on any atom is -0.394 e. The van der Waals surface area contributed by atoms with Gasteiger partial charge in [0, 0.05) is 6.61 Å². The largest absolute Gasteiger partial charge is 0.394 e. The van der Waals surface area contributed by atoms with Gasteiger partial charge in [-0.1, -0.05) is 70.8 Å². The van der Waals surface area contributed by atoms with Gasteiger partial charge in [-0.3, -0.25) is 0 Å². The van der Waals surface area contributed by atoms with Crippen molar-refractivity contribution < 1.29 is 28.8 Å². The average Bonchev–Trinajstić information content (AvgIpc) is 2.76. The molecule has 0 aromatic carbocycles. The van der Waals surface area contributed by atoms with Gasteiger partial charge in [-0.05, 0) is 6.42 Å². The van der Waals surface area contributed by atoms with Crippen LogP contribution in [-0.2, 0) is 23.7 Å². The summed E-state index contributed by atoms with van der Waals surface area (Å²) < 4.78 is 27.3. The van der Waals surface area contributed by atoms with Crippen molar-refractivity contribution in [1.29, 1.82) is 0 Å². The Kier molecular flexibility index (Phi) is 26.1. The maximum Gasteiger partial charge on any atom is 0.104 e. The summed E-state index contributed by atoms with van der Waals surface area (Å²) >= 11 is 0. The average molecular weight is 433 g/mol. The van der Waals surface area contributed by atoms with Gasteiger partial charge in [0.25, 0.3) is 0 Å². The summed E-state index contributed by atoms with van der Waals surface area (Å²) in [5.74, 6) is 0. The second-order valence-electron chi connectivity index (χ2n) is 7.52. The number of aliphatic hydroxyl groups excluding tert-OH is 1. The highest BCUT2D eigenvalue weighted by molar-refractivity contribution is 4.66. The van der Waals surface area contributed by atoms with E-state index in [0.29, 0.717) is 52.9 Å². The Hall–Kier alpha value is -0.500. The summed E-state index contributed by atoms with van der Waals surface area (Å²) in [5.41, 5.74) is 0. The predicted molar refractivity (Wildman–Crippen MR) is 122 cm³/mol. The van der Waals surface area contributed by atoms with E-state index in [4.69, 9.17) is 28.8 Å². The van der Waals surface area contributed by atoms with Crippen LogP contribution in [-0.4, -0.2) is 77.3 Å². The van der Waals surface area contributed by atoms with Gasteiger partial charge in [0.1, 0.15) is 6.10 Å². The fraction of sp³-hybridized carbons (Fsp3) is 0.917. The normalized spacial score (nSPS) is 12.3. The van der Waals surface area contributed by atoms with Crippen LogP contribution in [0, 0.1) is 0 Å². The van der Waals surface area contributed by atoms with Crippen LogP contribution < -0.4 is 0 Å². The minimum absolute atomic E-state index is 0.0657. The second kappa shape index (κ2) is 26.5. The second-order valence-corrected chi connectivity index (χ2v) is 7.52. The number of rotatable bonds is 26. The van der Waals surface area contributed by atoms with Gasteiger partial charge >= 0.3 is 0 Å². The first-order chi connectivity index (χ1) is 14.8. The van der Waals surface area contributed by atoms with E-state index in [0.717, 1.165) is 13.0 Å². The maximum absolute atomic E-state index is 9.12. The molecule has 1 N–H and O–H groups in total. The lowest BCUT2D eigenvalue weighted by Gasteiger charge is -2.14. The molecule has 0 aliphatic heterocycles. The van der Waals surface area contributed by atoms with Crippen molar-refractivity contribution in [2.45, 2.75) is 77.2 Å². The monoisotopic (exact) mass is 432 g/mol. The van der Waals surface area contributed by atoms with Crippen LogP contribution in [0.3, 0.4) is 0 Å². The summed E-state index contributed by atoms with van der Waals surface area (Å²) in [6.45, 7) is 10.7. The van der Waals surface area contributed by atoms with Crippen molar-refractivity contribution in [2.24, 2.45) is 0 Å². The third kappa shape index (κ3) is 23.8. The van der Waals surface area contributed by atoms with Gasteiger partial charge in [-0.2, -0.15) is 0 Å². The molecule has 0 aliphatic carbocycles. The Morgan fingerprint density at radius 1 is 0.667 bits per heavy atom. The fourth-order valence-corrected chi connectivity index (χ4v) is 2.92. The van der Waals surface area contributed by atoms with Crippen molar-refractivity contribution >= 4 is 0 Å². The third-order valence-corrected chi connectivity index (χ3v) is 4.72. The Labute approximate surface area is 185 Å². The summed E-state index contributed by atoms with van der Waals surface area (Å²) in [7, 11) is 0. The van der Waals surface area contributed by atoms with Crippen molar-refractivity contribution in [3.63, 3.8) is 0 Å². The summed E-state index contributed by atoms with van der Waals surface area (Å²) in [6, 6.07) is 0. The molecule has 0 aliphatic rings. The van der Waals surface area contributed by atoms with Gasteiger partial charge < -0.3 is 28.8 Å². The first kappa shape index (κ1) is 29.5.